The van der Waals surface area contributed by atoms with Crippen molar-refractivity contribution >= 4 is 5.97 Å². The Morgan fingerprint density at radius 3 is 2.74 bits per heavy atom. The van der Waals surface area contributed by atoms with Gasteiger partial charge in [-0.25, -0.2) is 0 Å². The summed E-state index contributed by atoms with van der Waals surface area (Å²) >= 11 is 0. The first kappa shape index (κ1) is 15.5. The molecule has 1 rings (SSSR count). The number of aliphatic carboxylic acids is 1. The molecule has 0 aliphatic rings. The minimum Gasteiger partial charge on any atom is -0.496 e. The second-order valence-electron chi connectivity index (χ2n) is 4.99. The number of benzene rings is 1. The van der Waals surface area contributed by atoms with E-state index in [0.717, 1.165) is 24.3 Å². The van der Waals surface area contributed by atoms with Crippen LogP contribution in [-0.4, -0.2) is 42.7 Å². The summed E-state index contributed by atoms with van der Waals surface area (Å²) in [4.78, 5) is 12.8. The van der Waals surface area contributed by atoms with Crippen molar-refractivity contribution in [2.75, 3.05) is 20.7 Å². The van der Waals surface area contributed by atoms with Gasteiger partial charge in [-0.3, -0.25) is 4.79 Å². The Morgan fingerprint density at radius 2 is 2.16 bits per heavy atom. The van der Waals surface area contributed by atoms with Crippen LogP contribution in [0.25, 0.3) is 0 Å². The molecule has 106 valence electrons. The maximum Gasteiger partial charge on any atom is 0.304 e. The molecule has 1 aromatic rings. The summed E-state index contributed by atoms with van der Waals surface area (Å²) in [5, 5.41) is 8.79. The van der Waals surface area contributed by atoms with Gasteiger partial charge in [-0.1, -0.05) is 17.7 Å². The van der Waals surface area contributed by atoms with Gasteiger partial charge in [-0.15, -0.1) is 0 Å². The van der Waals surface area contributed by atoms with Gasteiger partial charge in [0, 0.05) is 12.6 Å². The van der Waals surface area contributed by atoms with E-state index in [-0.39, 0.29) is 12.5 Å². The first-order valence-corrected chi connectivity index (χ1v) is 6.49. The lowest BCUT2D eigenvalue weighted by Crippen LogP contribution is -2.32. The third-order valence-electron chi connectivity index (χ3n) is 3.39. The molecule has 0 spiro atoms. The van der Waals surface area contributed by atoms with Crippen molar-refractivity contribution in [2.45, 2.75) is 32.7 Å². The van der Waals surface area contributed by atoms with Crippen LogP contribution < -0.4 is 4.74 Å². The van der Waals surface area contributed by atoms with Crippen molar-refractivity contribution in [1.82, 2.24) is 4.90 Å². The van der Waals surface area contributed by atoms with Crippen LogP contribution in [0.15, 0.2) is 18.2 Å². The maximum absolute atomic E-state index is 10.7. The number of carbonyl (C=O) groups is 1. The minimum absolute atomic E-state index is 0.0355. The quantitative estimate of drug-likeness (QED) is 0.822. The van der Waals surface area contributed by atoms with Crippen LogP contribution in [0.5, 0.6) is 5.75 Å². The number of ether oxygens (including phenoxy) is 1. The maximum atomic E-state index is 10.7. The van der Waals surface area contributed by atoms with Gasteiger partial charge in [0.1, 0.15) is 5.75 Å². The monoisotopic (exact) mass is 265 g/mol. The average Bonchev–Trinajstić information content (AvgIpc) is 2.35. The van der Waals surface area contributed by atoms with Gasteiger partial charge in [0.25, 0.3) is 0 Å². The Bertz CT molecular complexity index is 431. The fraction of sp³-hybridized carbons (Fsp3) is 0.533. The highest BCUT2D eigenvalue weighted by molar-refractivity contribution is 5.67. The molecule has 1 N–H and O–H groups in total. The van der Waals surface area contributed by atoms with E-state index in [1.807, 2.05) is 26.1 Å². The molecule has 0 aliphatic heterocycles. The molecule has 0 aliphatic carbocycles. The Labute approximate surface area is 115 Å². The molecule has 4 nitrogen and oxygen atoms in total. The number of likely N-dealkylation sites (N-methyl/N-ethyl adjacent to an activating group) is 1. The third kappa shape index (κ3) is 4.91. The standard InChI is InChI=1S/C15H23NO3/c1-11-5-6-14(19-4)13(9-11)7-8-16(3)12(2)10-15(17)18/h5-6,9,12H,7-8,10H2,1-4H3,(H,17,18). The Hall–Kier alpha value is -1.55. The van der Waals surface area contributed by atoms with Crippen LogP contribution in [-0.2, 0) is 11.2 Å². The van der Waals surface area contributed by atoms with E-state index in [1.165, 1.54) is 5.56 Å². The zero-order chi connectivity index (χ0) is 14.4. The molecule has 0 saturated heterocycles. The Kier molecular flexibility index (Phi) is 5.83. The molecular weight excluding hydrogens is 242 g/mol. The first-order valence-electron chi connectivity index (χ1n) is 6.49. The van der Waals surface area contributed by atoms with Crippen molar-refractivity contribution < 1.29 is 14.6 Å². The summed E-state index contributed by atoms with van der Waals surface area (Å²) in [5.41, 5.74) is 2.37. The van der Waals surface area contributed by atoms with Crippen LogP contribution in [0.1, 0.15) is 24.5 Å². The van der Waals surface area contributed by atoms with E-state index in [0.29, 0.717) is 0 Å². The van der Waals surface area contributed by atoms with Crippen molar-refractivity contribution in [3.8, 4) is 5.75 Å². The molecule has 0 radical (unpaired) electrons. The molecule has 0 fully saturated rings. The SMILES string of the molecule is COc1ccc(C)cc1CCN(C)C(C)CC(=O)O. The van der Waals surface area contributed by atoms with Crippen molar-refractivity contribution in [1.29, 1.82) is 0 Å². The fourth-order valence-electron chi connectivity index (χ4n) is 2.03. The molecule has 0 aromatic heterocycles. The van der Waals surface area contributed by atoms with Gasteiger partial charge in [-0.2, -0.15) is 0 Å². The number of aryl methyl sites for hydroxylation is 1. The van der Waals surface area contributed by atoms with Gasteiger partial charge < -0.3 is 14.7 Å². The lowest BCUT2D eigenvalue weighted by molar-refractivity contribution is -0.138. The number of carboxylic acids is 1. The predicted octanol–water partition coefficient (Wildman–Crippen LogP) is 2.34. The highest BCUT2D eigenvalue weighted by atomic mass is 16.5. The van der Waals surface area contributed by atoms with Crippen LogP contribution >= 0.6 is 0 Å². The smallest absolute Gasteiger partial charge is 0.304 e. The zero-order valence-electron chi connectivity index (χ0n) is 12.1. The predicted molar refractivity (Wildman–Crippen MR) is 75.8 cm³/mol. The number of rotatable bonds is 7. The number of nitrogens with zero attached hydrogens (tertiary/aromatic N) is 1. The second-order valence-corrected chi connectivity index (χ2v) is 4.99. The average molecular weight is 265 g/mol. The van der Waals surface area contributed by atoms with E-state index in [1.54, 1.807) is 7.11 Å². The Balaban J connectivity index is 2.61. The van der Waals surface area contributed by atoms with E-state index in [2.05, 4.69) is 17.9 Å². The first-order chi connectivity index (χ1) is 8.93. The van der Waals surface area contributed by atoms with Crippen molar-refractivity contribution in [3.05, 3.63) is 29.3 Å². The van der Waals surface area contributed by atoms with Gasteiger partial charge in [0.15, 0.2) is 0 Å². The van der Waals surface area contributed by atoms with Crippen LogP contribution in [0.4, 0.5) is 0 Å². The lowest BCUT2D eigenvalue weighted by atomic mass is 10.1. The normalized spacial score (nSPS) is 12.5. The molecule has 1 aromatic carbocycles. The fourth-order valence-corrected chi connectivity index (χ4v) is 2.03. The molecule has 0 heterocycles. The number of carboxylic acid groups (broad SMARTS) is 1. The van der Waals surface area contributed by atoms with Crippen molar-refractivity contribution in [2.24, 2.45) is 0 Å². The van der Waals surface area contributed by atoms with E-state index >= 15 is 0 Å². The molecular formula is C15H23NO3. The third-order valence-corrected chi connectivity index (χ3v) is 3.39. The summed E-state index contributed by atoms with van der Waals surface area (Å²) < 4.78 is 5.35. The van der Waals surface area contributed by atoms with Gasteiger partial charge >= 0.3 is 5.97 Å². The molecule has 0 amide bonds. The molecule has 19 heavy (non-hydrogen) atoms. The second kappa shape index (κ2) is 7.14. The molecule has 0 bridgehead atoms. The minimum atomic E-state index is -0.757. The largest absolute Gasteiger partial charge is 0.496 e. The highest BCUT2D eigenvalue weighted by Crippen LogP contribution is 2.20. The van der Waals surface area contributed by atoms with Crippen LogP contribution in [0.3, 0.4) is 0 Å². The summed E-state index contributed by atoms with van der Waals surface area (Å²) in [7, 11) is 3.63. The van der Waals surface area contributed by atoms with Crippen molar-refractivity contribution in [3.63, 3.8) is 0 Å². The number of hydrogen-bond acceptors (Lipinski definition) is 3. The molecule has 1 atom stereocenters. The van der Waals surface area contributed by atoms with Crippen LogP contribution in [0, 0.1) is 6.92 Å². The molecule has 1 unspecified atom stereocenters. The summed E-state index contributed by atoms with van der Waals surface area (Å²) in [6, 6.07) is 6.16. The summed E-state index contributed by atoms with van der Waals surface area (Å²) in [5.74, 6) is 0.136. The Morgan fingerprint density at radius 1 is 1.47 bits per heavy atom. The number of methoxy groups -OCH3 is 1. The zero-order valence-corrected chi connectivity index (χ0v) is 12.1. The van der Waals surface area contributed by atoms with E-state index in [9.17, 15) is 4.79 Å². The van der Waals surface area contributed by atoms with Gasteiger partial charge in [-0.05, 0) is 38.9 Å². The van der Waals surface area contributed by atoms with Gasteiger partial charge in [0.2, 0.25) is 0 Å². The summed E-state index contributed by atoms with van der Waals surface area (Å²) in [6.07, 6.45) is 1.02. The topological polar surface area (TPSA) is 49.8 Å². The number of hydrogen-bond donors (Lipinski definition) is 1. The van der Waals surface area contributed by atoms with E-state index < -0.39 is 5.97 Å². The van der Waals surface area contributed by atoms with Gasteiger partial charge in [0.05, 0.1) is 13.5 Å². The van der Waals surface area contributed by atoms with Crippen LogP contribution in [0.2, 0.25) is 0 Å². The van der Waals surface area contributed by atoms with E-state index in [4.69, 9.17) is 9.84 Å². The lowest BCUT2D eigenvalue weighted by Gasteiger charge is -2.23. The highest BCUT2D eigenvalue weighted by Gasteiger charge is 2.13. The summed E-state index contributed by atoms with van der Waals surface area (Å²) in [6.45, 7) is 4.80. The molecule has 4 heteroatoms. The molecule has 0 saturated carbocycles.